The predicted molar refractivity (Wildman–Crippen MR) is 104 cm³/mol. The number of aromatic nitrogens is 1. The van der Waals surface area contributed by atoms with Gasteiger partial charge in [-0.15, -0.1) is 11.3 Å². The summed E-state index contributed by atoms with van der Waals surface area (Å²) in [6.07, 6.45) is 1.75. The van der Waals surface area contributed by atoms with Crippen LogP contribution in [0, 0.1) is 11.3 Å². The highest BCUT2D eigenvalue weighted by Crippen LogP contribution is 2.34. The van der Waals surface area contributed by atoms with Gasteiger partial charge in [0, 0.05) is 18.0 Å². The minimum Gasteiger partial charge on any atom is -0.486 e. The predicted octanol–water partition coefficient (Wildman–Crippen LogP) is 3.27. The van der Waals surface area contributed by atoms with Crippen molar-refractivity contribution < 1.29 is 9.47 Å². The van der Waals surface area contributed by atoms with Crippen LogP contribution in [0.25, 0.3) is 11.3 Å². The quantitative estimate of drug-likeness (QED) is 0.659. The van der Waals surface area contributed by atoms with Gasteiger partial charge in [0.15, 0.2) is 11.5 Å². The molecule has 0 saturated heterocycles. The summed E-state index contributed by atoms with van der Waals surface area (Å²) in [5.41, 5.74) is 3.42. The van der Waals surface area contributed by atoms with Crippen molar-refractivity contribution in [2.45, 2.75) is 0 Å². The number of rotatable bonds is 3. The summed E-state index contributed by atoms with van der Waals surface area (Å²) in [6.45, 7) is 1.12. The lowest BCUT2D eigenvalue weighted by Crippen LogP contribution is -2.15. The number of ether oxygens (including phenoxy) is 2. The Hall–Kier alpha value is -3.37. The lowest BCUT2D eigenvalue weighted by molar-refractivity contribution is 0.171. The van der Waals surface area contributed by atoms with Crippen molar-refractivity contribution in [2.24, 2.45) is 10.1 Å². The maximum atomic E-state index is 8.91. The number of benzene rings is 2. The molecule has 0 atom stereocenters. The molecule has 0 aliphatic carbocycles. The van der Waals surface area contributed by atoms with Gasteiger partial charge in [-0.05, 0) is 35.9 Å². The molecular formula is C20H16N4O2S. The van der Waals surface area contributed by atoms with Crippen molar-refractivity contribution in [1.29, 1.82) is 5.26 Å². The minimum atomic E-state index is 0.548. The highest BCUT2D eigenvalue weighted by molar-refractivity contribution is 7.07. The van der Waals surface area contributed by atoms with Gasteiger partial charge >= 0.3 is 0 Å². The summed E-state index contributed by atoms with van der Waals surface area (Å²) in [4.78, 5) is 5.09. The van der Waals surface area contributed by atoms with Gasteiger partial charge in [0.2, 0.25) is 4.80 Å². The van der Waals surface area contributed by atoms with E-state index in [2.05, 4.69) is 16.2 Å². The topological polar surface area (TPSA) is 71.9 Å². The fourth-order valence-electron chi connectivity index (χ4n) is 2.73. The van der Waals surface area contributed by atoms with Crippen LogP contribution in [0.4, 0.5) is 0 Å². The third kappa shape index (κ3) is 3.48. The first kappa shape index (κ1) is 17.1. The Bertz CT molecular complexity index is 1100. The van der Waals surface area contributed by atoms with Gasteiger partial charge in [0.1, 0.15) is 13.2 Å². The van der Waals surface area contributed by atoms with E-state index in [0.29, 0.717) is 18.8 Å². The largest absolute Gasteiger partial charge is 0.486 e. The summed E-state index contributed by atoms with van der Waals surface area (Å²) < 4.78 is 13.1. The average molecular weight is 376 g/mol. The van der Waals surface area contributed by atoms with Gasteiger partial charge in [-0.1, -0.05) is 12.1 Å². The molecule has 3 aromatic rings. The van der Waals surface area contributed by atoms with Crippen molar-refractivity contribution in [3.8, 4) is 28.8 Å². The SMILES string of the molecule is CN=c1scc(-c2ccc3c(c2)OCCO3)n1/N=C\c1ccc(C#N)cc1. The second-order valence-corrected chi connectivity index (χ2v) is 6.61. The van der Waals surface area contributed by atoms with E-state index in [4.69, 9.17) is 14.7 Å². The van der Waals surface area contributed by atoms with Gasteiger partial charge in [-0.3, -0.25) is 4.99 Å². The van der Waals surface area contributed by atoms with E-state index in [0.717, 1.165) is 33.1 Å². The fourth-order valence-corrected chi connectivity index (χ4v) is 3.54. The van der Waals surface area contributed by atoms with Gasteiger partial charge < -0.3 is 9.47 Å². The molecule has 4 rings (SSSR count). The van der Waals surface area contributed by atoms with Crippen LogP contribution in [0.3, 0.4) is 0 Å². The maximum Gasteiger partial charge on any atom is 0.205 e. The first-order chi connectivity index (χ1) is 13.3. The van der Waals surface area contributed by atoms with Crippen LogP contribution in [0.2, 0.25) is 0 Å². The molecule has 7 heteroatoms. The third-order valence-electron chi connectivity index (χ3n) is 4.08. The van der Waals surface area contributed by atoms with E-state index < -0.39 is 0 Å². The molecule has 0 fully saturated rings. The summed E-state index contributed by atoms with van der Waals surface area (Å²) in [7, 11) is 1.74. The monoisotopic (exact) mass is 376 g/mol. The van der Waals surface area contributed by atoms with Crippen molar-refractivity contribution in [3.05, 3.63) is 63.8 Å². The molecule has 0 radical (unpaired) electrons. The summed E-state index contributed by atoms with van der Waals surface area (Å²) in [5, 5.41) is 15.5. The van der Waals surface area contributed by atoms with Crippen LogP contribution in [-0.4, -0.2) is 31.2 Å². The van der Waals surface area contributed by atoms with Crippen LogP contribution in [0.5, 0.6) is 11.5 Å². The number of hydrogen-bond acceptors (Lipinski definition) is 6. The maximum absolute atomic E-state index is 8.91. The van der Waals surface area contributed by atoms with E-state index in [-0.39, 0.29) is 0 Å². The first-order valence-corrected chi connectivity index (χ1v) is 9.24. The molecule has 27 heavy (non-hydrogen) atoms. The average Bonchev–Trinajstić information content (AvgIpc) is 3.15. The van der Waals surface area contributed by atoms with Crippen molar-refractivity contribution in [1.82, 2.24) is 4.68 Å². The Morgan fingerprint density at radius 3 is 2.63 bits per heavy atom. The van der Waals surface area contributed by atoms with E-state index in [1.807, 2.05) is 35.7 Å². The highest BCUT2D eigenvalue weighted by Gasteiger charge is 2.14. The zero-order valence-corrected chi connectivity index (χ0v) is 15.4. The molecular weight excluding hydrogens is 360 g/mol. The molecule has 0 N–H and O–H groups in total. The summed E-state index contributed by atoms with van der Waals surface area (Å²) in [6, 6.07) is 15.2. The van der Waals surface area contributed by atoms with Crippen LogP contribution >= 0.6 is 11.3 Å². The van der Waals surface area contributed by atoms with Crippen molar-refractivity contribution in [3.63, 3.8) is 0 Å². The Kier molecular flexibility index (Phi) is 4.73. The zero-order valence-electron chi connectivity index (χ0n) is 14.6. The van der Waals surface area contributed by atoms with Crippen LogP contribution in [0.1, 0.15) is 11.1 Å². The normalized spacial score (nSPS) is 13.7. The number of nitrogens with zero attached hydrogens (tertiary/aromatic N) is 4. The number of fused-ring (bicyclic) bond motifs is 1. The Balaban J connectivity index is 1.72. The molecule has 134 valence electrons. The highest BCUT2D eigenvalue weighted by atomic mass is 32.1. The number of nitriles is 1. The Morgan fingerprint density at radius 1 is 1.11 bits per heavy atom. The third-order valence-corrected chi connectivity index (χ3v) is 4.98. The fraction of sp³-hybridized carbons (Fsp3) is 0.150. The standard InChI is InChI=1S/C20H16N4O2S/c1-22-20-24(23-12-15-4-2-14(11-21)3-5-15)17(13-27-20)16-6-7-18-19(10-16)26-9-8-25-18/h2-7,10,12-13H,8-9H2,1H3/b22-20?,23-12-. The summed E-state index contributed by atoms with van der Waals surface area (Å²) >= 11 is 1.52. The first-order valence-electron chi connectivity index (χ1n) is 8.36. The smallest absolute Gasteiger partial charge is 0.205 e. The molecule has 0 bridgehead atoms. The zero-order chi connectivity index (χ0) is 18.6. The molecule has 0 spiro atoms. The molecule has 1 aliphatic rings. The number of hydrogen-bond donors (Lipinski definition) is 0. The second kappa shape index (κ2) is 7.48. The second-order valence-electron chi connectivity index (χ2n) is 5.78. The molecule has 0 amide bonds. The summed E-state index contributed by atoms with van der Waals surface area (Å²) in [5.74, 6) is 1.50. The Labute approximate surface area is 160 Å². The van der Waals surface area contributed by atoms with Crippen molar-refractivity contribution >= 4 is 17.6 Å². The van der Waals surface area contributed by atoms with E-state index in [1.54, 1.807) is 30.1 Å². The van der Waals surface area contributed by atoms with E-state index >= 15 is 0 Å². The van der Waals surface area contributed by atoms with Gasteiger partial charge in [-0.25, -0.2) is 4.68 Å². The van der Waals surface area contributed by atoms with Crippen LogP contribution in [-0.2, 0) is 0 Å². The molecule has 2 heterocycles. The van der Waals surface area contributed by atoms with Crippen LogP contribution < -0.4 is 14.3 Å². The molecule has 6 nitrogen and oxygen atoms in total. The molecule has 2 aromatic carbocycles. The lowest BCUT2D eigenvalue weighted by Gasteiger charge is -2.18. The Morgan fingerprint density at radius 2 is 1.89 bits per heavy atom. The molecule has 1 aromatic heterocycles. The minimum absolute atomic E-state index is 0.548. The lowest BCUT2D eigenvalue weighted by atomic mass is 10.1. The van der Waals surface area contributed by atoms with Gasteiger partial charge in [-0.2, -0.15) is 10.4 Å². The molecule has 1 aliphatic heterocycles. The molecule has 0 saturated carbocycles. The van der Waals surface area contributed by atoms with Gasteiger partial charge in [0.25, 0.3) is 0 Å². The van der Waals surface area contributed by atoms with E-state index in [1.165, 1.54) is 11.3 Å². The van der Waals surface area contributed by atoms with Crippen molar-refractivity contribution in [2.75, 3.05) is 20.3 Å². The molecule has 0 unspecified atom stereocenters. The van der Waals surface area contributed by atoms with Gasteiger partial charge in [0.05, 0.1) is 23.5 Å². The number of thiazole rings is 1. The van der Waals surface area contributed by atoms with Crippen LogP contribution in [0.15, 0.2) is 57.9 Å². The van der Waals surface area contributed by atoms with E-state index in [9.17, 15) is 0 Å².